The fraction of sp³-hybridized carbons (Fsp3) is 0.556. The lowest BCUT2D eigenvalue weighted by atomic mass is 9.83. The molecule has 1 aromatic rings. The molecular weight excluding hydrogens is 290 g/mol. The molecule has 0 spiro atoms. The fourth-order valence-corrected chi connectivity index (χ4v) is 3.76. The van der Waals surface area contributed by atoms with Crippen molar-refractivity contribution in [1.82, 2.24) is 10.2 Å². The third kappa shape index (κ3) is 3.66. The first-order chi connectivity index (χ1) is 11.1. The van der Waals surface area contributed by atoms with Crippen LogP contribution in [0.3, 0.4) is 0 Å². The normalized spacial score (nSPS) is 21.6. The molecule has 1 saturated heterocycles. The van der Waals surface area contributed by atoms with Crippen LogP contribution in [0.5, 0.6) is 0 Å². The van der Waals surface area contributed by atoms with E-state index >= 15 is 0 Å². The standard InChI is InChI=1S/C18H25N3O2/c19-17(22)14-8-10-21(11-9-14)18(23)20-12-15-6-3-5-13-4-1-2-7-16(13)15/h1-2,4,7,14-15H,3,5-6,8-12H2,(H2,19,22)(H,20,23)/t15-/m0/s1. The summed E-state index contributed by atoms with van der Waals surface area (Å²) in [5.74, 6) is 0.0835. The Morgan fingerprint density at radius 1 is 1.17 bits per heavy atom. The van der Waals surface area contributed by atoms with Crippen LogP contribution in [-0.2, 0) is 11.2 Å². The third-order valence-electron chi connectivity index (χ3n) is 5.18. The molecule has 124 valence electrons. The lowest BCUT2D eigenvalue weighted by Gasteiger charge is -2.32. The van der Waals surface area contributed by atoms with Crippen LogP contribution in [0.15, 0.2) is 24.3 Å². The molecule has 3 amide bonds. The number of primary amides is 1. The molecule has 3 rings (SSSR count). The number of likely N-dealkylation sites (tertiary alicyclic amines) is 1. The summed E-state index contributed by atoms with van der Waals surface area (Å²) in [5.41, 5.74) is 8.13. The van der Waals surface area contributed by atoms with E-state index in [0.717, 1.165) is 12.8 Å². The summed E-state index contributed by atoms with van der Waals surface area (Å²) in [6, 6.07) is 8.52. The SMILES string of the molecule is NC(=O)C1CCN(C(=O)NC[C@@H]2CCCc3ccccc32)CC1. The molecule has 1 fully saturated rings. The largest absolute Gasteiger partial charge is 0.369 e. The Kier molecular flexibility index (Phi) is 4.84. The van der Waals surface area contributed by atoms with Crippen LogP contribution in [0.4, 0.5) is 4.79 Å². The van der Waals surface area contributed by atoms with Gasteiger partial charge in [-0.3, -0.25) is 4.79 Å². The molecule has 3 N–H and O–H groups in total. The summed E-state index contributed by atoms with van der Waals surface area (Å²) in [5, 5.41) is 3.08. The van der Waals surface area contributed by atoms with E-state index < -0.39 is 0 Å². The van der Waals surface area contributed by atoms with E-state index in [1.54, 1.807) is 4.90 Å². The lowest BCUT2D eigenvalue weighted by Crippen LogP contribution is -2.47. The van der Waals surface area contributed by atoms with Gasteiger partial charge in [-0.15, -0.1) is 0 Å². The van der Waals surface area contributed by atoms with Gasteiger partial charge in [-0.25, -0.2) is 4.79 Å². The summed E-state index contributed by atoms with van der Waals surface area (Å²) in [6.07, 6.45) is 4.80. The molecular formula is C18H25N3O2. The first-order valence-corrected chi connectivity index (χ1v) is 8.55. The number of piperidine rings is 1. The number of hydrogen-bond acceptors (Lipinski definition) is 2. The van der Waals surface area contributed by atoms with Crippen molar-refractivity contribution in [2.45, 2.75) is 38.0 Å². The average molecular weight is 315 g/mol. The van der Waals surface area contributed by atoms with Crippen LogP contribution in [-0.4, -0.2) is 36.5 Å². The van der Waals surface area contributed by atoms with Crippen LogP contribution in [0.2, 0.25) is 0 Å². The predicted molar refractivity (Wildman–Crippen MR) is 89.0 cm³/mol. The molecule has 0 bridgehead atoms. The zero-order chi connectivity index (χ0) is 16.2. The van der Waals surface area contributed by atoms with Crippen molar-refractivity contribution in [3.8, 4) is 0 Å². The monoisotopic (exact) mass is 315 g/mol. The molecule has 5 heteroatoms. The molecule has 1 atom stereocenters. The van der Waals surface area contributed by atoms with E-state index in [-0.39, 0.29) is 17.9 Å². The number of fused-ring (bicyclic) bond motifs is 1. The highest BCUT2D eigenvalue weighted by molar-refractivity contribution is 5.78. The van der Waals surface area contributed by atoms with Gasteiger partial charge in [0.15, 0.2) is 0 Å². The van der Waals surface area contributed by atoms with Gasteiger partial charge >= 0.3 is 6.03 Å². The Bertz CT molecular complexity index is 579. The van der Waals surface area contributed by atoms with E-state index in [1.807, 2.05) is 0 Å². The molecule has 5 nitrogen and oxygen atoms in total. The fourth-order valence-electron chi connectivity index (χ4n) is 3.76. The van der Waals surface area contributed by atoms with Crippen molar-refractivity contribution < 1.29 is 9.59 Å². The summed E-state index contributed by atoms with van der Waals surface area (Å²) in [4.78, 5) is 25.3. The first-order valence-electron chi connectivity index (χ1n) is 8.55. The maximum atomic E-state index is 12.3. The zero-order valence-electron chi connectivity index (χ0n) is 13.5. The molecule has 0 aromatic heterocycles. The Morgan fingerprint density at radius 3 is 2.65 bits per heavy atom. The van der Waals surface area contributed by atoms with Gasteiger partial charge in [0.05, 0.1) is 0 Å². The highest BCUT2D eigenvalue weighted by Crippen LogP contribution is 2.30. The second kappa shape index (κ2) is 7.02. The van der Waals surface area contributed by atoms with Crippen molar-refractivity contribution in [2.75, 3.05) is 19.6 Å². The maximum Gasteiger partial charge on any atom is 0.317 e. The third-order valence-corrected chi connectivity index (χ3v) is 5.18. The van der Waals surface area contributed by atoms with Gasteiger partial charge in [0.1, 0.15) is 0 Å². The molecule has 1 aromatic carbocycles. The minimum atomic E-state index is -0.246. The Balaban J connectivity index is 1.51. The minimum absolute atomic E-state index is 0.0176. The quantitative estimate of drug-likeness (QED) is 0.895. The zero-order valence-corrected chi connectivity index (χ0v) is 13.5. The smallest absolute Gasteiger partial charge is 0.317 e. The van der Waals surface area contributed by atoms with Crippen LogP contribution in [0, 0.1) is 5.92 Å². The van der Waals surface area contributed by atoms with Crippen molar-refractivity contribution >= 4 is 11.9 Å². The van der Waals surface area contributed by atoms with E-state index in [2.05, 4.69) is 29.6 Å². The second-order valence-electron chi connectivity index (χ2n) is 6.64. The van der Waals surface area contributed by atoms with Gasteiger partial charge in [0.2, 0.25) is 5.91 Å². The topological polar surface area (TPSA) is 75.4 Å². The molecule has 1 aliphatic carbocycles. The highest BCUT2D eigenvalue weighted by Gasteiger charge is 2.26. The van der Waals surface area contributed by atoms with Gasteiger partial charge in [-0.2, -0.15) is 0 Å². The Labute approximate surface area is 137 Å². The highest BCUT2D eigenvalue weighted by atomic mass is 16.2. The van der Waals surface area contributed by atoms with Gasteiger partial charge in [0, 0.05) is 31.5 Å². The van der Waals surface area contributed by atoms with Gasteiger partial charge in [0.25, 0.3) is 0 Å². The molecule has 2 aliphatic rings. The number of hydrogen-bond donors (Lipinski definition) is 2. The first kappa shape index (κ1) is 15.8. The summed E-state index contributed by atoms with van der Waals surface area (Å²) in [7, 11) is 0. The molecule has 1 heterocycles. The van der Waals surface area contributed by atoms with Crippen LogP contribution < -0.4 is 11.1 Å². The molecule has 0 unspecified atom stereocenters. The van der Waals surface area contributed by atoms with Crippen molar-refractivity contribution in [3.63, 3.8) is 0 Å². The molecule has 1 aliphatic heterocycles. The Morgan fingerprint density at radius 2 is 1.91 bits per heavy atom. The van der Waals surface area contributed by atoms with Crippen LogP contribution in [0.1, 0.15) is 42.7 Å². The van der Waals surface area contributed by atoms with E-state index in [0.29, 0.717) is 38.4 Å². The minimum Gasteiger partial charge on any atom is -0.369 e. The van der Waals surface area contributed by atoms with Crippen molar-refractivity contribution in [3.05, 3.63) is 35.4 Å². The second-order valence-corrected chi connectivity index (χ2v) is 6.64. The number of urea groups is 1. The summed E-state index contributed by atoms with van der Waals surface area (Å²) >= 11 is 0. The molecule has 0 radical (unpaired) electrons. The number of aryl methyl sites for hydroxylation is 1. The van der Waals surface area contributed by atoms with E-state index in [4.69, 9.17) is 5.73 Å². The average Bonchev–Trinajstić information content (AvgIpc) is 2.59. The van der Waals surface area contributed by atoms with E-state index in [1.165, 1.54) is 17.5 Å². The number of benzene rings is 1. The van der Waals surface area contributed by atoms with Crippen LogP contribution in [0.25, 0.3) is 0 Å². The van der Waals surface area contributed by atoms with Gasteiger partial charge in [-0.1, -0.05) is 24.3 Å². The van der Waals surface area contributed by atoms with Gasteiger partial charge < -0.3 is 16.0 Å². The predicted octanol–water partition coefficient (Wildman–Crippen LogP) is 2.01. The van der Waals surface area contributed by atoms with Crippen LogP contribution >= 0.6 is 0 Å². The summed E-state index contributed by atoms with van der Waals surface area (Å²) < 4.78 is 0. The van der Waals surface area contributed by atoms with Crippen molar-refractivity contribution in [1.29, 1.82) is 0 Å². The lowest BCUT2D eigenvalue weighted by molar-refractivity contribution is -0.123. The number of nitrogens with two attached hydrogens (primary N) is 1. The number of amides is 3. The number of carbonyl (C=O) groups is 2. The number of nitrogens with zero attached hydrogens (tertiary/aromatic N) is 1. The number of nitrogens with one attached hydrogen (secondary N) is 1. The van der Waals surface area contributed by atoms with Gasteiger partial charge in [-0.05, 0) is 43.2 Å². The van der Waals surface area contributed by atoms with E-state index in [9.17, 15) is 9.59 Å². The summed E-state index contributed by atoms with van der Waals surface area (Å²) in [6.45, 7) is 1.91. The number of rotatable bonds is 3. The number of carbonyl (C=O) groups excluding carboxylic acids is 2. The Hall–Kier alpha value is -2.04. The maximum absolute atomic E-state index is 12.3. The molecule has 0 saturated carbocycles. The van der Waals surface area contributed by atoms with Crippen molar-refractivity contribution in [2.24, 2.45) is 11.7 Å². The molecule has 23 heavy (non-hydrogen) atoms.